The average Bonchev–Trinajstić information content (AvgIpc) is 2.43. The van der Waals surface area contributed by atoms with Crippen LogP contribution in [0.15, 0.2) is 36.5 Å². The van der Waals surface area contributed by atoms with Crippen LogP contribution in [0.1, 0.15) is 23.7 Å². The Morgan fingerprint density at radius 1 is 1.05 bits per heavy atom. The van der Waals surface area contributed by atoms with Gasteiger partial charge in [-0.25, -0.2) is 13.2 Å². The van der Waals surface area contributed by atoms with E-state index in [2.05, 4.69) is 4.98 Å². The van der Waals surface area contributed by atoms with E-state index in [0.29, 0.717) is 12.8 Å². The second-order valence-corrected chi connectivity index (χ2v) is 4.23. The molecule has 1 unspecified atom stereocenters. The van der Waals surface area contributed by atoms with Gasteiger partial charge in [0.05, 0.1) is 0 Å². The number of nitrogens with zero attached hydrogens (tertiary/aromatic N) is 1. The monoisotopic (exact) mass is 266 g/mol. The van der Waals surface area contributed by atoms with Crippen LogP contribution >= 0.6 is 0 Å². The topological polar surface area (TPSA) is 38.9 Å². The third-order valence-corrected chi connectivity index (χ3v) is 2.90. The van der Waals surface area contributed by atoms with Gasteiger partial charge >= 0.3 is 0 Å². The molecule has 0 spiro atoms. The summed E-state index contributed by atoms with van der Waals surface area (Å²) < 4.78 is 39.4. The SMILES string of the molecule is NC(CCc1ccccn1)c1ccc(F)c(F)c1F. The van der Waals surface area contributed by atoms with Crippen LogP contribution in [0.5, 0.6) is 0 Å². The molecule has 5 heteroatoms. The lowest BCUT2D eigenvalue weighted by molar-refractivity contribution is 0.433. The molecular weight excluding hydrogens is 253 g/mol. The predicted molar refractivity (Wildman–Crippen MR) is 65.8 cm³/mol. The van der Waals surface area contributed by atoms with E-state index in [1.807, 2.05) is 12.1 Å². The number of hydrogen-bond acceptors (Lipinski definition) is 2. The minimum absolute atomic E-state index is 0.0187. The van der Waals surface area contributed by atoms with Crippen molar-refractivity contribution in [1.29, 1.82) is 0 Å². The molecule has 0 amide bonds. The number of nitrogens with two attached hydrogens (primary N) is 1. The fourth-order valence-electron chi connectivity index (χ4n) is 1.83. The van der Waals surface area contributed by atoms with Gasteiger partial charge < -0.3 is 5.73 Å². The molecule has 100 valence electrons. The molecule has 1 aromatic heterocycles. The maximum Gasteiger partial charge on any atom is 0.194 e. The van der Waals surface area contributed by atoms with Crippen molar-refractivity contribution in [2.24, 2.45) is 5.73 Å². The number of aromatic nitrogens is 1. The van der Waals surface area contributed by atoms with Gasteiger partial charge in [-0.3, -0.25) is 4.98 Å². The van der Waals surface area contributed by atoms with Crippen LogP contribution in [-0.4, -0.2) is 4.98 Å². The van der Waals surface area contributed by atoms with Crippen LogP contribution in [0.3, 0.4) is 0 Å². The fraction of sp³-hybridized carbons (Fsp3) is 0.214. The second kappa shape index (κ2) is 5.84. The van der Waals surface area contributed by atoms with E-state index in [1.54, 1.807) is 12.3 Å². The summed E-state index contributed by atoms with van der Waals surface area (Å²) >= 11 is 0. The first kappa shape index (κ1) is 13.5. The molecule has 0 aliphatic rings. The number of benzene rings is 1. The Kier molecular flexibility index (Phi) is 4.16. The number of rotatable bonds is 4. The molecule has 0 saturated carbocycles. The number of hydrogen-bond donors (Lipinski definition) is 1. The highest BCUT2D eigenvalue weighted by molar-refractivity contribution is 5.23. The molecule has 0 aliphatic heterocycles. The van der Waals surface area contributed by atoms with Crippen LogP contribution in [0, 0.1) is 17.5 Å². The quantitative estimate of drug-likeness (QED) is 0.863. The zero-order valence-electron chi connectivity index (χ0n) is 10.1. The highest BCUT2D eigenvalue weighted by Gasteiger charge is 2.18. The third-order valence-electron chi connectivity index (χ3n) is 2.90. The largest absolute Gasteiger partial charge is 0.324 e. The average molecular weight is 266 g/mol. The lowest BCUT2D eigenvalue weighted by Gasteiger charge is -2.13. The van der Waals surface area contributed by atoms with Crippen molar-refractivity contribution >= 4 is 0 Å². The first-order valence-electron chi connectivity index (χ1n) is 5.88. The molecule has 1 atom stereocenters. The minimum Gasteiger partial charge on any atom is -0.324 e. The summed E-state index contributed by atoms with van der Waals surface area (Å²) in [5, 5.41) is 0. The number of pyridine rings is 1. The van der Waals surface area contributed by atoms with Crippen LogP contribution in [-0.2, 0) is 6.42 Å². The van der Waals surface area contributed by atoms with Gasteiger partial charge in [0.15, 0.2) is 17.5 Å². The van der Waals surface area contributed by atoms with Gasteiger partial charge in [0.1, 0.15) is 0 Å². The Labute approximate surface area is 109 Å². The van der Waals surface area contributed by atoms with Crippen molar-refractivity contribution in [3.05, 3.63) is 65.2 Å². The van der Waals surface area contributed by atoms with E-state index < -0.39 is 23.5 Å². The molecule has 2 aromatic rings. The lowest BCUT2D eigenvalue weighted by atomic mass is 10.0. The van der Waals surface area contributed by atoms with Gasteiger partial charge in [-0.2, -0.15) is 0 Å². The molecule has 2 N–H and O–H groups in total. The van der Waals surface area contributed by atoms with E-state index in [9.17, 15) is 13.2 Å². The molecule has 0 radical (unpaired) electrons. The zero-order valence-corrected chi connectivity index (χ0v) is 10.1. The fourth-order valence-corrected chi connectivity index (χ4v) is 1.83. The first-order chi connectivity index (χ1) is 9.09. The van der Waals surface area contributed by atoms with Gasteiger partial charge in [0.25, 0.3) is 0 Å². The van der Waals surface area contributed by atoms with Crippen molar-refractivity contribution in [1.82, 2.24) is 4.98 Å². The summed E-state index contributed by atoms with van der Waals surface area (Å²) in [5.74, 6) is -3.91. The normalized spacial score (nSPS) is 12.4. The van der Waals surface area contributed by atoms with Gasteiger partial charge in [0, 0.05) is 23.5 Å². The van der Waals surface area contributed by atoms with E-state index >= 15 is 0 Å². The van der Waals surface area contributed by atoms with Gasteiger partial charge in [-0.1, -0.05) is 12.1 Å². The minimum atomic E-state index is -1.48. The molecule has 2 nitrogen and oxygen atoms in total. The first-order valence-corrected chi connectivity index (χ1v) is 5.88. The van der Waals surface area contributed by atoms with Gasteiger partial charge in [-0.05, 0) is 31.0 Å². The maximum atomic E-state index is 13.5. The molecule has 0 aliphatic carbocycles. The summed E-state index contributed by atoms with van der Waals surface area (Å²) in [6, 6.07) is 6.82. The van der Waals surface area contributed by atoms with E-state index in [-0.39, 0.29) is 5.56 Å². The number of halogens is 3. The highest BCUT2D eigenvalue weighted by atomic mass is 19.2. The summed E-state index contributed by atoms with van der Waals surface area (Å²) in [6.45, 7) is 0. The van der Waals surface area contributed by atoms with Crippen molar-refractivity contribution in [2.45, 2.75) is 18.9 Å². The third kappa shape index (κ3) is 3.12. The summed E-state index contributed by atoms with van der Waals surface area (Å²) in [5.41, 5.74) is 6.61. The smallest absolute Gasteiger partial charge is 0.194 e. The zero-order chi connectivity index (χ0) is 13.8. The summed E-state index contributed by atoms with van der Waals surface area (Å²) in [7, 11) is 0. The van der Waals surface area contributed by atoms with Crippen molar-refractivity contribution in [3.63, 3.8) is 0 Å². The highest BCUT2D eigenvalue weighted by Crippen LogP contribution is 2.22. The van der Waals surface area contributed by atoms with Gasteiger partial charge in [0.2, 0.25) is 0 Å². The summed E-state index contributed by atoms with van der Waals surface area (Å²) in [6.07, 6.45) is 2.60. The molecule has 0 saturated heterocycles. The Morgan fingerprint density at radius 3 is 2.53 bits per heavy atom. The maximum absolute atomic E-state index is 13.5. The molecule has 1 heterocycles. The predicted octanol–water partition coefficient (Wildman–Crippen LogP) is 3.13. The van der Waals surface area contributed by atoms with E-state index in [1.165, 1.54) is 6.07 Å². The van der Waals surface area contributed by atoms with Crippen LogP contribution in [0.25, 0.3) is 0 Å². The number of aryl methyl sites for hydroxylation is 1. The Bertz CT molecular complexity index is 558. The van der Waals surface area contributed by atoms with Crippen molar-refractivity contribution in [2.75, 3.05) is 0 Å². The standard InChI is InChI=1S/C14H13F3N2/c15-11-6-5-10(13(16)14(11)17)12(18)7-4-9-3-1-2-8-19-9/h1-3,5-6,8,12H,4,7,18H2. The molecule has 1 aromatic carbocycles. The Morgan fingerprint density at radius 2 is 1.84 bits per heavy atom. The van der Waals surface area contributed by atoms with E-state index in [4.69, 9.17) is 5.73 Å². The van der Waals surface area contributed by atoms with Crippen molar-refractivity contribution < 1.29 is 13.2 Å². The molecule has 0 bridgehead atoms. The molecule has 19 heavy (non-hydrogen) atoms. The molecule has 0 fully saturated rings. The molecule has 2 rings (SSSR count). The Balaban J connectivity index is 2.08. The van der Waals surface area contributed by atoms with Crippen LogP contribution in [0.2, 0.25) is 0 Å². The van der Waals surface area contributed by atoms with Gasteiger partial charge in [-0.15, -0.1) is 0 Å². The lowest BCUT2D eigenvalue weighted by Crippen LogP contribution is -2.14. The Hall–Kier alpha value is -1.88. The van der Waals surface area contributed by atoms with E-state index in [0.717, 1.165) is 11.8 Å². The van der Waals surface area contributed by atoms with Crippen molar-refractivity contribution in [3.8, 4) is 0 Å². The second-order valence-electron chi connectivity index (χ2n) is 4.23. The summed E-state index contributed by atoms with van der Waals surface area (Å²) in [4.78, 5) is 4.12. The van der Waals surface area contributed by atoms with Crippen LogP contribution in [0.4, 0.5) is 13.2 Å². The molecular formula is C14H13F3N2. The van der Waals surface area contributed by atoms with Crippen LogP contribution < -0.4 is 5.73 Å².